The highest BCUT2D eigenvalue weighted by atomic mass is 16.2. The zero-order valence-corrected chi connectivity index (χ0v) is 14.3. The Hall–Kier alpha value is -2.33. The molecule has 2 amide bonds. The summed E-state index contributed by atoms with van der Waals surface area (Å²) in [6, 6.07) is 14.0. The van der Waals surface area contributed by atoms with Crippen LogP contribution in [0.3, 0.4) is 0 Å². The second-order valence-corrected chi connectivity index (χ2v) is 6.16. The molecule has 2 aromatic rings. The molecule has 0 aromatic heterocycles. The first-order valence-electron chi connectivity index (χ1n) is 7.78. The van der Waals surface area contributed by atoms with Gasteiger partial charge in [-0.2, -0.15) is 0 Å². The van der Waals surface area contributed by atoms with E-state index >= 15 is 0 Å². The summed E-state index contributed by atoms with van der Waals surface area (Å²) in [4.78, 5) is 14.1. The van der Waals surface area contributed by atoms with E-state index < -0.39 is 0 Å². The van der Waals surface area contributed by atoms with Gasteiger partial charge in [0.1, 0.15) is 0 Å². The molecule has 0 aliphatic heterocycles. The Morgan fingerprint density at radius 2 is 1.74 bits per heavy atom. The Bertz CT molecular complexity index is 680. The zero-order chi connectivity index (χ0) is 16.8. The van der Waals surface area contributed by atoms with Crippen LogP contribution in [0.25, 0.3) is 0 Å². The molecular weight excluding hydrogens is 286 g/mol. The summed E-state index contributed by atoms with van der Waals surface area (Å²) in [6.45, 7) is 5.50. The monoisotopic (exact) mass is 311 g/mol. The SMILES string of the molecule is Cc1ccc(NC(=O)NCc2cccc(CN(C)C)c2)cc1C. The number of carbonyl (C=O) groups excluding carboxylic acids is 1. The van der Waals surface area contributed by atoms with Crippen molar-refractivity contribution in [3.8, 4) is 0 Å². The van der Waals surface area contributed by atoms with Crippen LogP contribution >= 0.6 is 0 Å². The van der Waals surface area contributed by atoms with E-state index in [1.165, 1.54) is 16.7 Å². The van der Waals surface area contributed by atoms with E-state index in [2.05, 4.69) is 34.6 Å². The van der Waals surface area contributed by atoms with E-state index in [0.29, 0.717) is 6.54 Å². The predicted octanol–water partition coefficient (Wildman–Crippen LogP) is 3.69. The summed E-state index contributed by atoms with van der Waals surface area (Å²) in [5, 5.41) is 5.77. The quantitative estimate of drug-likeness (QED) is 0.884. The maximum absolute atomic E-state index is 12.0. The number of hydrogen-bond acceptors (Lipinski definition) is 2. The van der Waals surface area contributed by atoms with Crippen LogP contribution in [-0.4, -0.2) is 25.0 Å². The van der Waals surface area contributed by atoms with Crippen molar-refractivity contribution >= 4 is 11.7 Å². The highest BCUT2D eigenvalue weighted by molar-refractivity contribution is 5.89. The number of amides is 2. The minimum absolute atomic E-state index is 0.189. The molecule has 0 heterocycles. The van der Waals surface area contributed by atoms with Crippen molar-refractivity contribution in [2.75, 3.05) is 19.4 Å². The van der Waals surface area contributed by atoms with Crippen molar-refractivity contribution in [3.63, 3.8) is 0 Å². The standard InChI is InChI=1S/C19H25N3O/c1-14-8-9-18(10-15(14)2)21-19(23)20-12-16-6-5-7-17(11-16)13-22(3)4/h5-11H,12-13H2,1-4H3,(H2,20,21,23). The summed E-state index contributed by atoms with van der Waals surface area (Å²) in [7, 11) is 4.09. The second-order valence-electron chi connectivity index (χ2n) is 6.16. The molecule has 0 bridgehead atoms. The van der Waals surface area contributed by atoms with Gasteiger partial charge < -0.3 is 15.5 Å². The molecule has 0 unspecified atom stereocenters. The number of anilines is 1. The number of carbonyl (C=O) groups is 1. The third-order valence-corrected chi connectivity index (χ3v) is 3.71. The average molecular weight is 311 g/mol. The summed E-state index contributed by atoms with van der Waals surface area (Å²) >= 11 is 0. The number of aryl methyl sites for hydroxylation is 2. The molecule has 122 valence electrons. The second kappa shape index (κ2) is 7.79. The minimum Gasteiger partial charge on any atom is -0.334 e. The maximum Gasteiger partial charge on any atom is 0.319 e. The fourth-order valence-electron chi connectivity index (χ4n) is 2.38. The largest absolute Gasteiger partial charge is 0.334 e. The van der Waals surface area contributed by atoms with Crippen LogP contribution in [-0.2, 0) is 13.1 Å². The maximum atomic E-state index is 12.0. The molecule has 0 saturated heterocycles. The van der Waals surface area contributed by atoms with Gasteiger partial charge in [0.15, 0.2) is 0 Å². The first-order valence-corrected chi connectivity index (χ1v) is 7.78. The molecule has 0 saturated carbocycles. The Balaban J connectivity index is 1.90. The summed E-state index contributed by atoms with van der Waals surface area (Å²) in [5.74, 6) is 0. The first-order chi connectivity index (χ1) is 10.9. The molecule has 0 aliphatic carbocycles. The fraction of sp³-hybridized carbons (Fsp3) is 0.316. The Morgan fingerprint density at radius 3 is 2.43 bits per heavy atom. The molecule has 0 spiro atoms. The lowest BCUT2D eigenvalue weighted by Crippen LogP contribution is -2.28. The molecule has 2 rings (SSSR count). The third kappa shape index (κ3) is 5.42. The van der Waals surface area contributed by atoms with Gasteiger partial charge in [0.05, 0.1) is 0 Å². The molecule has 0 radical (unpaired) electrons. The van der Waals surface area contributed by atoms with E-state index in [1.54, 1.807) is 0 Å². The number of benzene rings is 2. The molecule has 2 N–H and O–H groups in total. The molecule has 0 aliphatic rings. The van der Waals surface area contributed by atoms with Gasteiger partial charge in [0, 0.05) is 18.8 Å². The van der Waals surface area contributed by atoms with E-state index in [9.17, 15) is 4.79 Å². The van der Waals surface area contributed by atoms with Gasteiger partial charge in [-0.25, -0.2) is 4.79 Å². The van der Waals surface area contributed by atoms with Gasteiger partial charge in [-0.3, -0.25) is 0 Å². The van der Waals surface area contributed by atoms with Gasteiger partial charge in [-0.1, -0.05) is 30.3 Å². The van der Waals surface area contributed by atoms with E-state index in [0.717, 1.165) is 17.8 Å². The van der Waals surface area contributed by atoms with Crippen molar-refractivity contribution in [2.24, 2.45) is 0 Å². The highest BCUT2D eigenvalue weighted by Crippen LogP contribution is 2.14. The van der Waals surface area contributed by atoms with Crippen LogP contribution in [0.15, 0.2) is 42.5 Å². The number of rotatable bonds is 5. The predicted molar refractivity (Wildman–Crippen MR) is 95.6 cm³/mol. The Morgan fingerprint density at radius 1 is 1.00 bits per heavy atom. The van der Waals surface area contributed by atoms with Crippen molar-refractivity contribution in [2.45, 2.75) is 26.9 Å². The summed E-state index contributed by atoms with van der Waals surface area (Å²) in [5.41, 5.74) is 5.53. The number of nitrogens with zero attached hydrogens (tertiary/aromatic N) is 1. The zero-order valence-electron chi connectivity index (χ0n) is 14.3. The Labute approximate surface area is 138 Å². The number of urea groups is 1. The van der Waals surface area contributed by atoms with Gasteiger partial charge in [0.25, 0.3) is 0 Å². The molecular formula is C19H25N3O. The lowest BCUT2D eigenvalue weighted by Gasteiger charge is -2.12. The normalized spacial score (nSPS) is 10.7. The van der Waals surface area contributed by atoms with E-state index in [1.807, 2.05) is 51.4 Å². The van der Waals surface area contributed by atoms with Crippen LogP contribution in [0.4, 0.5) is 10.5 Å². The van der Waals surface area contributed by atoms with E-state index in [-0.39, 0.29) is 6.03 Å². The van der Waals surface area contributed by atoms with Crippen LogP contribution in [0.2, 0.25) is 0 Å². The van der Waals surface area contributed by atoms with E-state index in [4.69, 9.17) is 0 Å². The summed E-state index contributed by atoms with van der Waals surface area (Å²) in [6.07, 6.45) is 0. The highest BCUT2D eigenvalue weighted by Gasteiger charge is 2.04. The minimum atomic E-state index is -0.189. The van der Waals surface area contributed by atoms with Crippen LogP contribution in [0.5, 0.6) is 0 Å². The Kier molecular flexibility index (Phi) is 5.77. The fourth-order valence-corrected chi connectivity index (χ4v) is 2.38. The van der Waals surface area contributed by atoms with Gasteiger partial charge in [-0.15, -0.1) is 0 Å². The van der Waals surface area contributed by atoms with Crippen LogP contribution in [0.1, 0.15) is 22.3 Å². The third-order valence-electron chi connectivity index (χ3n) is 3.71. The van der Waals surface area contributed by atoms with Gasteiger partial charge >= 0.3 is 6.03 Å². The molecule has 2 aromatic carbocycles. The molecule has 4 nitrogen and oxygen atoms in total. The first kappa shape index (κ1) is 17.0. The van der Waals surface area contributed by atoms with Crippen LogP contribution in [0, 0.1) is 13.8 Å². The van der Waals surface area contributed by atoms with Crippen molar-refractivity contribution in [1.29, 1.82) is 0 Å². The number of nitrogens with one attached hydrogen (secondary N) is 2. The van der Waals surface area contributed by atoms with Crippen LogP contribution < -0.4 is 10.6 Å². The smallest absolute Gasteiger partial charge is 0.319 e. The summed E-state index contributed by atoms with van der Waals surface area (Å²) < 4.78 is 0. The average Bonchev–Trinajstić information content (AvgIpc) is 2.49. The molecule has 4 heteroatoms. The molecule has 23 heavy (non-hydrogen) atoms. The van der Waals surface area contributed by atoms with Gasteiger partial charge in [0.2, 0.25) is 0 Å². The number of hydrogen-bond donors (Lipinski definition) is 2. The van der Waals surface area contributed by atoms with Crippen molar-refractivity contribution in [3.05, 3.63) is 64.7 Å². The molecule has 0 atom stereocenters. The van der Waals surface area contributed by atoms with Crippen molar-refractivity contribution in [1.82, 2.24) is 10.2 Å². The lowest BCUT2D eigenvalue weighted by atomic mass is 10.1. The molecule has 0 fully saturated rings. The van der Waals surface area contributed by atoms with Crippen molar-refractivity contribution < 1.29 is 4.79 Å². The lowest BCUT2D eigenvalue weighted by molar-refractivity contribution is 0.251. The van der Waals surface area contributed by atoms with Gasteiger partial charge in [-0.05, 0) is 62.3 Å². The topological polar surface area (TPSA) is 44.4 Å².